The number of amidine groups is 1. The number of aliphatic imine (C=N–C) groups is 1. The van der Waals surface area contributed by atoms with Crippen LogP contribution in [0.3, 0.4) is 0 Å². The van der Waals surface area contributed by atoms with Gasteiger partial charge in [0.15, 0.2) is 5.17 Å². The van der Waals surface area contributed by atoms with E-state index in [4.69, 9.17) is 0 Å². The van der Waals surface area contributed by atoms with Gasteiger partial charge in [0.1, 0.15) is 0 Å². The Labute approximate surface area is 163 Å². The van der Waals surface area contributed by atoms with Crippen molar-refractivity contribution in [1.29, 1.82) is 0 Å². The average Bonchev–Trinajstić information content (AvgIpc) is 2.99. The van der Waals surface area contributed by atoms with E-state index in [-0.39, 0.29) is 5.91 Å². The van der Waals surface area contributed by atoms with Gasteiger partial charge in [-0.05, 0) is 48.5 Å². The van der Waals surface area contributed by atoms with E-state index in [2.05, 4.69) is 31.2 Å². The molecule has 4 nitrogen and oxygen atoms in total. The summed E-state index contributed by atoms with van der Waals surface area (Å²) in [5.74, 6) is -0.135. The summed E-state index contributed by atoms with van der Waals surface area (Å²) in [7, 11) is 0. The first-order chi connectivity index (χ1) is 12.6. The van der Waals surface area contributed by atoms with Crippen LogP contribution in [0.25, 0.3) is 17.0 Å². The van der Waals surface area contributed by atoms with Gasteiger partial charge in [-0.1, -0.05) is 51.8 Å². The maximum atomic E-state index is 12.3. The number of aromatic nitrogens is 1. The van der Waals surface area contributed by atoms with Crippen LogP contribution in [-0.2, 0) is 4.79 Å². The highest BCUT2D eigenvalue weighted by atomic mass is 79.9. The maximum absolute atomic E-state index is 12.3. The molecule has 3 aromatic rings. The van der Waals surface area contributed by atoms with Gasteiger partial charge in [0.05, 0.1) is 16.1 Å². The fourth-order valence-electron chi connectivity index (χ4n) is 2.62. The van der Waals surface area contributed by atoms with Crippen molar-refractivity contribution in [2.24, 2.45) is 4.99 Å². The Morgan fingerprint density at radius 3 is 2.77 bits per heavy atom. The van der Waals surface area contributed by atoms with Crippen LogP contribution in [0.4, 0.5) is 5.69 Å². The molecule has 0 aliphatic carbocycles. The zero-order chi connectivity index (χ0) is 18.1. The van der Waals surface area contributed by atoms with Gasteiger partial charge in [0.2, 0.25) is 0 Å². The topological polar surface area (TPSA) is 54.4 Å². The molecule has 1 aliphatic rings. The van der Waals surface area contributed by atoms with Crippen LogP contribution in [0.5, 0.6) is 0 Å². The third-order valence-corrected chi connectivity index (χ3v) is 5.54. The Balaban J connectivity index is 1.67. The summed E-state index contributed by atoms with van der Waals surface area (Å²) >= 11 is 4.87. The minimum atomic E-state index is -0.135. The number of nitrogens with zero attached hydrogens (tertiary/aromatic N) is 2. The highest BCUT2D eigenvalue weighted by molar-refractivity contribution is 9.10. The molecule has 0 unspecified atom stereocenters. The van der Waals surface area contributed by atoms with E-state index >= 15 is 0 Å². The lowest BCUT2D eigenvalue weighted by atomic mass is 10.1. The first-order valence-electron chi connectivity index (χ1n) is 8.00. The third kappa shape index (κ3) is 3.43. The smallest absolute Gasteiger partial charge is 0.264 e. The molecule has 6 heteroatoms. The molecular formula is C20H14BrN3OS. The molecular weight excluding hydrogens is 410 g/mol. The largest absolute Gasteiger partial charge is 0.300 e. The number of pyridine rings is 1. The highest BCUT2D eigenvalue weighted by Crippen LogP contribution is 2.33. The van der Waals surface area contributed by atoms with E-state index < -0.39 is 0 Å². The number of fused-ring (bicyclic) bond motifs is 1. The van der Waals surface area contributed by atoms with E-state index in [1.54, 1.807) is 6.20 Å². The standard InChI is InChI=1S/C20H14BrN3OS/c1-12-4-6-13(7-5-12)11-17-19(25)24-20(26-17)23-16-9-8-15(21)14-3-2-10-22-18(14)16/h2-11H,1H3,(H,23,24,25)/b17-11-. The number of aryl methyl sites for hydroxylation is 1. The van der Waals surface area contributed by atoms with Crippen LogP contribution < -0.4 is 5.32 Å². The molecule has 1 aliphatic heterocycles. The van der Waals surface area contributed by atoms with Crippen LogP contribution in [0, 0.1) is 6.92 Å². The van der Waals surface area contributed by atoms with Gasteiger partial charge in [-0.25, -0.2) is 4.99 Å². The van der Waals surface area contributed by atoms with Gasteiger partial charge in [0.25, 0.3) is 5.91 Å². The zero-order valence-electron chi connectivity index (χ0n) is 13.9. The Morgan fingerprint density at radius 1 is 1.15 bits per heavy atom. The van der Waals surface area contributed by atoms with Crippen molar-refractivity contribution in [2.45, 2.75) is 6.92 Å². The van der Waals surface area contributed by atoms with E-state index in [0.29, 0.717) is 10.1 Å². The lowest BCUT2D eigenvalue weighted by Gasteiger charge is -2.03. The molecule has 1 saturated heterocycles. The second-order valence-corrected chi connectivity index (χ2v) is 7.74. The van der Waals surface area contributed by atoms with Crippen molar-refractivity contribution >= 4 is 61.4 Å². The quantitative estimate of drug-likeness (QED) is 0.576. The Kier molecular flexibility index (Phi) is 4.61. The number of hydrogen-bond acceptors (Lipinski definition) is 4. The number of benzene rings is 2. The van der Waals surface area contributed by atoms with Gasteiger partial charge in [-0.15, -0.1) is 0 Å². The Bertz CT molecular complexity index is 1070. The molecule has 1 N–H and O–H groups in total. The van der Waals surface area contributed by atoms with Crippen molar-refractivity contribution in [3.8, 4) is 0 Å². The molecule has 0 saturated carbocycles. The Morgan fingerprint density at radius 2 is 1.96 bits per heavy atom. The van der Waals surface area contributed by atoms with E-state index in [1.165, 1.54) is 17.3 Å². The van der Waals surface area contributed by atoms with Crippen molar-refractivity contribution in [2.75, 3.05) is 0 Å². The molecule has 128 valence electrons. The predicted molar refractivity (Wildman–Crippen MR) is 111 cm³/mol. The number of amides is 1. The summed E-state index contributed by atoms with van der Waals surface area (Å²) in [4.78, 5) is 21.9. The minimum Gasteiger partial charge on any atom is -0.300 e. The lowest BCUT2D eigenvalue weighted by Crippen LogP contribution is -2.19. The molecule has 4 rings (SSSR count). The van der Waals surface area contributed by atoms with Gasteiger partial charge in [0, 0.05) is 16.1 Å². The van der Waals surface area contributed by atoms with Gasteiger partial charge in [-0.3, -0.25) is 9.78 Å². The summed E-state index contributed by atoms with van der Waals surface area (Å²) in [5, 5.41) is 4.37. The summed E-state index contributed by atoms with van der Waals surface area (Å²) in [6.07, 6.45) is 3.61. The second-order valence-electron chi connectivity index (χ2n) is 5.86. The normalized spacial score (nSPS) is 17.2. The molecule has 1 fully saturated rings. The maximum Gasteiger partial charge on any atom is 0.264 e. The van der Waals surface area contributed by atoms with Crippen LogP contribution in [0.2, 0.25) is 0 Å². The molecule has 0 atom stereocenters. The van der Waals surface area contributed by atoms with Crippen molar-refractivity contribution in [1.82, 2.24) is 10.3 Å². The first-order valence-corrected chi connectivity index (χ1v) is 9.60. The molecule has 0 bridgehead atoms. The minimum absolute atomic E-state index is 0.135. The molecule has 26 heavy (non-hydrogen) atoms. The first kappa shape index (κ1) is 17.0. The van der Waals surface area contributed by atoms with Crippen LogP contribution in [0.15, 0.2) is 69.1 Å². The van der Waals surface area contributed by atoms with E-state index in [1.807, 2.05) is 61.5 Å². The number of rotatable bonds is 2. The molecule has 1 aromatic heterocycles. The number of hydrogen-bond donors (Lipinski definition) is 1. The van der Waals surface area contributed by atoms with Crippen molar-refractivity contribution in [3.63, 3.8) is 0 Å². The second kappa shape index (κ2) is 7.05. The highest BCUT2D eigenvalue weighted by Gasteiger charge is 2.24. The Hall–Kier alpha value is -2.44. The number of halogens is 1. The van der Waals surface area contributed by atoms with E-state index in [9.17, 15) is 4.79 Å². The molecule has 2 aromatic carbocycles. The average molecular weight is 424 g/mol. The fourth-order valence-corrected chi connectivity index (χ4v) is 3.90. The third-order valence-electron chi connectivity index (χ3n) is 3.94. The van der Waals surface area contributed by atoms with Crippen LogP contribution in [0.1, 0.15) is 11.1 Å². The number of nitrogens with one attached hydrogen (secondary N) is 1. The predicted octanol–water partition coefficient (Wildman–Crippen LogP) is 5.20. The molecule has 1 amide bonds. The van der Waals surface area contributed by atoms with Crippen molar-refractivity contribution < 1.29 is 4.79 Å². The summed E-state index contributed by atoms with van der Waals surface area (Å²) < 4.78 is 0.965. The summed E-state index contributed by atoms with van der Waals surface area (Å²) in [6, 6.07) is 15.7. The monoisotopic (exact) mass is 423 g/mol. The fraction of sp³-hybridized carbons (Fsp3) is 0.0500. The molecule has 2 heterocycles. The number of carbonyl (C=O) groups excluding carboxylic acids is 1. The van der Waals surface area contributed by atoms with Gasteiger partial charge < -0.3 is 5.32 Å². The summed E-state index contributed by atoms with van der Waals surface area (Å²) in [6.45, 7) is 2.04. The van der Waals surface area contributed by atoms with Crippen molar-refractivity contribution in [3.05, 3.63) is 75.2 Å². The van der Waals surface area contributed by atoms with E-state index in [0.717, 1.165) is 26.6 Å². The molecule has 0 spiro atoms. The van der Waals surface area contributed by atoms with Gasteiger partial charge >= 0.3 is 0 Å². The number of carbonyl (C=O) groups is 1. The van der Waals surface area contributed by atoms with Gasteiger partial charge in [-0.2, -0.15) is 0 Å². The molecule has 0 radical (unpaired) electrons. The number of thioether (sulfide) groups is 1. The zero-order valence-corrected chi connectivity index (χ0v) is 16.3. The lowest BCUT2D eigenvalue weighted by molar-refractivity contribution is -0.115. The van der Waals surface area contributed by atoms with Crippen LogP contribution >= 0.6 is 27.7 Å². The SMILES string of the molecule is Cc1ccc(/C=C2\SC(=Nc3ccc(Br)c4cccnc34)NC2=O)cc1. The van der Waals surface area contributed by atoms with Crippen LogP contribution in [-0.4, -0.2) is 16.1 Å². The summed E-state index contributed by atoms with van der Waals surface area (Å²) in [5.41, 5.74) is 3.70.